The zero-order valence-corrected chi connectivity index (χ0v) is 15.4. The fraction of sp³-hybridized carbons (Fsp3) is 0.158. The van der Waals surface area contributed by atoms with Gasteiger partial charge in [0.25, 0.3) is 11.8 Å². The number of carbonyl (C=O) groups excluding carboxylic acids is 2. The summed E-state index contributed by atoms with van der Waals surface area (Å²) in [6, 6.07) is 14.1. The van der Waals surface area contributed by atoms with Gasteiger partial charge in [-0.25, -0.2) is 4.90 Å². The SMILES string of the molecule is CCSC1=C(c2ccccc2)C(=O)N(c2ccc(OC)c(Cl)c2)C1=O. The Morgan fingerprint density at radius 3 is 2.40 bits per heavy atom. The molecular weight excluding hydrogens is 358 g/mol. The summed E-state index contributed by atoms with van der Waals surface area (Å²) >= 11 is 7.54. The minimum Gasteiger partial charge on any atom is -0.495 e. The summed E-state index contributed by atoms with van der Waals surface area (Å²) in [5, 5.41) is 0.346. The Morgan fingerprint density at radius 2 is 1.80 bits per heavy atom. The molecule has 3 rings (SSSR count). The van der Waals surface area contributed by atoms with Crippen molar-refractivity contribution in [1.82, 2.24) is 0 Å². The second kappa shape index (κ2) is 7.33. The van der Waals surface area contributed by atoms with Crippen LogP contribution in [-0.2, 0) is 9.59 Å². The molecule has 1 aliphatic heterocycles. The van der Waals surface area contributed by atoms with E-state index in [9.17, 15) is 9.59 Å². The van der Waals surface area contributed by atoms with Crippen LogP contribution in [0, 0.1) is 0 Å². The second-order valence-electron chi connectivity index (χ2n) is 5.27. The highest BCUT2D eigenvalue weighted by molar-refractivity contribution is 8.04. The summed E-state index contributed by atoms with van der Waals surface area (Å²) in [4.78, 5) is 27.6. The minimum absolute atomic E-state index is 0.322. The van der Waals surface area contributed by atoms with Gasteiger partial charge in [-0.1, -0.05) is 48.9 Å². The summed E-state index contributed by atoms with van der Waals surface area (Å²) in [6.45, 7) is 1.95. The fourth-order valence-corrected chi connectivity index (χ4v) is 3.78. The smallest absolute Gasteiger partial charge is 0.272 e. The second-order valence-corrected chi connectivity index (χ2v) is 6.95. The number of amides is 2. The standard InChI is InChI=1S/C19H16ClNO3S/c1-3-25-17-16(12-7-5-4-6-8-12)18(22)21(19(17)23)13-9-10-15(24-2)14(20)11-13/h4-11H,3H2,1-2H3. The van der Waals surface area contributed by atoms with Gasteiger partial charge in [0.15, 0.2) is 0 Å². The Labute approximate surface area is 155 Å². The number of carbonyl (C=O) groups is 2. The number of ether oxygens (including phenoxy) is 1. The quantitative estimate of drug-likeness (QED) is 0.729. The molecular formula is C19H16ClNO3S. The van der Waals surface area contributed by atoms with E-state index in [0.29, 0.717) is 32.7 Å². The van der Waals surface area contributed by atoms with Crippen molar-refractivity contribution in [3.63, 3.8) is 0 Å². The number of imide groups is 1. The van der Waals surface area contributed by atoms with E-state index in [0.717, 1.165) is 5.56 Å². The summed E-state index contributed by atoms with van der Waals surface area (Å²) in [6.07, 6.45) is 0. The van der Waals surface area contributed by atoms with Crippen LogP contribution in [0.15, 0.2) is 53.4 Å². The van der Waals surface area contributed by atoms with E-state index in [1.54, 1.807) is 18.2 Å². The Bertz CT molecular complexity index is 864. The molecule has 0 saturated heterocycles. The maximum atomic E-state index is 13.0. The summed E-state index contributed by atoms with van der Waals surface area (Å²) in [5.41, 5.74) is 1.60. The highest BCUT2D eigenvalue weighted by Crippen LogP contribution is 2.39. The maximum Gasteiger partial charge on any atom is 0.272 e. The molecule has 0 atom stereocenters. The Kier molecular flexibility index (Phi) is 5.16. The van der Waals surface area contributed by atoms with Crippen LogP contribution in [0.1, 0.15) is 12.5 Å². The van der Waals surface area contributed by atoms with Gasteiger partial charge in [0.05, 0.1) is 28.3 Å². The first kappa shape index (κ1) is 17.6. The lowest BCUT2D eigenvalue weighted by Gasteiger charge is -2.16. The van der Waals surface area contributed by atoms with E-state index in [1.165, 1.54) is 23.8 Å². The van der Waals surface area contributed by atoms with Crippen molar-refractivity contribution in [1.29, 1.82) is 0 Å². The number of benzene rings is 2. The molecule has 0 fully saturated rings. The number of nitrogens with zero attached hydrogens (tertiary/aromatic N) is 1. The molecule has 4 nitrogen and oxygen atoms in total. The summed E-state index contributed by atoms with van der Waals surface area (Å²) < 4.78 is 5.13. The van der Waals surface area contributed by atoms with Gasteiger partial charge < -0.3 is 4.74 Å². The predicted molar refractivity (Wildman–Crippen MR) is 102 cm³/mol. The lowest BCUT2D eigenvalue weighted by molar-refractivity contribution is -0.119. The third-order valence-electron chi connectivity index (χ3n) is 3.79. The van der Waals surface area contributed by atoms with Gasteiger partial charge in [0, 0.05) is 0 Å². The lowest BCUT2D eigenvalue weighted by atomic mass is 10.1. The van der Waals surface area contributed by atoms with Gasteiger partial charge in [0.2, 0.25) is 0 Å². The largest absolute Gasteiger partial charge is 0.495 e. The fourth-order valence-electron chi connectivity index (χ4n) is 2.68. The minimum atomic E-state index is -0.339. The highest BCUT2D eigenvalue weighted by Gasteiger charge is 2.40. The summed E-state index contributed by atoms with van der Waals surface area (Å²) in [5.74, 6) is 0.524. The van der Waals surface area contributed by atoms with Crippen molar-refractivity contribution in [2.24, 2.45) is 0 Å². The number of halogens is 1. The normalized spacial score (nSPS) is 14.4. The van der Waals surface area contributed by atoms with E-state index < -0.39 is 0 Å². The maximum absolute atomic E-state index is 13.0. The van der Waals surface area contributed by atoms with Crippen LogP contribution in [0.5, 0.6) is 5.75 Å². The van der Waals surface area contributed by atoms with Crippen molar-refractivity contribution < 1.29 is 14.3 Å². The Hall–Kier alpha value is -2.24. The number of hydrogen-bond donors (Lipinski definition) is 0. The topological polar surface area (TPSA) is 46.6 Å². The van der Waals surface area contributed by atoms with Crippen LogP contribution in [0.4, 0.5) is 5.69 Å². The lowest BCUT2D eigenvalue weighted by Crippen LogP contribution is -2.31. The van der Waals surface area contributed by atoms with Gasteiger partial charge >= 0.3 is 0 Å². The number of rotatable bonds is 5. The van der Waals surface area contributed by atoms with Crippen molar-refractivity contribution in [3.8, 4) is 5.75 Å². The summed E-state index contributed by atoms with van der Waals surface area (Å²) in [7, 11) is 1.51. The molecule has 1 heterocycles. The molecule has 2 aromatic rings. The van der Waals surface area contributed by atoms with E-state index in [2.05, 4.69) is 0 Å². The first-order valence-corrected chi connectivity index (χ1v) is 9.09. The first-order valence-electron chi connectivity index (χ1n) is 7.73. The first-order chi connectivity index (χ1) is 12.1. The van der Waals surface area contributed by atoms with Gasteiger partial charge in [0.1, 0.15) is 5.75 Å². The molecule has 0 N–H and O–H groups in total. The van der Waals surface area contributed by atoms with Crippen LogP contribution in [0.3, 0.4) is 0 Å². The molecule has 128 valence electrons. The number of methoxy groups -OCH3 is 1. The van der Waals surface area contributed by atoms with E-state index in [4.69, 9.17) is 16.3 Å². The molecule has 0 aromatic heterocycles. The molecule has 0 saturated carbocycles. The molecule has 2 amide bonds. The van der Waals surface area contributed by atoms with Gasteiger partial charge in [-0.05, 0) is 29.5 Å². The van der Waals surface area contributed by atoms with Gasteiger partial charge in [-0.15, -0.1) is 11.8 Å². The molecule has 0 aliphatic carbocycles. The third kappa shape index (κ3) is 3.17. The predicted octanol–water partition coefficient (Wildman–Crippen LogP) is 4.39. The van der Waals surface area contributed by atoms with Crippen molar-refractivity contribution >= 4 is 46.4 Å². The molecule has 25 heavy (non-hydrogen) atoms. The zero-order chi connectivity index (χ0) is 18.0. The molecule has 6 heteroatoms. The molecule has 1 aliphatic rings. The van der Waals surface area contributed by atoms with E-state index in [1.807, 2.05) is 37.3 Å². The van der Waals surface area contributed by atoms with Crippen molar-refractivity contribution in [2.45, 2.75) is 6.92 Å². The molecule has 0 spiro atoms. The van der Waals surface area contributed by atoms with E-state index in [-0.39, 0.29) is 11.8 Å². The van der Waals surface area contributed by atoms with Crippen molar-refractivity contribution in [2.75, 3.05) is 17.8 Å². The number of hydrogen-bond acceptors (Lipinski definition) is 4. The van der Waals surface area contributed by atoms with Crippen LogP contribution in [0.2, 0.25) is 5.02 Å². The van der Waals surface area contributed by atoms with Crippen molar-refractivity contribution in [3.05, 3.63) is 64.0 Å². The Morgan fingerprint density at radius 1 is 1.08 bits per heavy atom. The van der Waals surface area contributed by atoms with Crippen LogP contribution in [0.25, 0.3) is 5.57 Å². The van der Waals surface area contributed by atoms with Crippen LogP contribution >= 0.6 is 23.4 Å². The monoisotopic (exact) mass is 373 g/mol. The molecule has 0 unspecified atom stereocenters. The van der Waals surface area contributed by atoms with Crippen LogP contribution < -0.4 is 9.64 Å². The third-order valence-corrected chi connectivity index (χ3v) is 5.04. The molecule has 0 bridgehead atoms. The van der Waals surface area contributed by atoms with Crippen LogP contribution in [-0.4, -0.2) is 24.7 Å². The average Bonchev–Trinajstić information content (AvgIpc) is 2.86. The average molecular weight is 374 g/mol. The zero-order valence-electron chi connectivity index (χ0n) is 13.8. The van der Waals surface area contributed by atoms with E-state index >= 15 is 0 Å². The van der Waals surface area contributed by atoms with Gasteiger partial charge in [-0.2, -0.15) is 0 Å². The number of thioether (sulfide) groups is 1. The van der Waals surface area contributed by atoms with Gasteiger partial charge in [-0.3, -0.25) is 9.59 Å². The Balaban J connectivity index is 2.07. The molecule has 2 aromatic carbocycles. The molecule has 0 radical (unpaired) electrons. The highest BCUT2D eigenvalue weighted by atomic mass is 35.5. The number of anilines is 1.